The Hall–Kier alpha value is 0.691. The van der Waals surface area contributed by atoms with Gasteiger partial charge in [-0.15, -0.1) is 11.3 Å². The van der Waals surface area contributed by atoms with Gasteiger partial charge in [0.25, 0.3) is 0 Å². The molecule has 1 aromatic rings. The normalized spacial score (nSPS) is 10.6. The molecule has 0 aliphatic carbocycles. The van der Waals surface area contributed by atoms with Gasteiger partial charge in [-0.05, 0) is 18.4 Å². The van der Waals surface area contributed by atoms with Crippen LogP contribution in [0.1, 0.15) is 4.88 Å². The third kappa shape index (κ3) is 136. The predicted molar refractivity (Wildman–Crippen MR) is 66.8 cm³/mol. The van der Waals surface area contributed by atoms with E-state index in [0.29, 0.717) is 0 Å². The molecule has 0 aliphatic heterocycles. The average Bonchev–Trinajstić information content (AvgIpc) is 2.44. The van der Waals surface area contributed by atoms with Crippen LogP contribution in [0.2, 0.25) is 0 Å². The van der Waals surface area contributed by atoms with E-state index in [1.165, 1.54) is 4.88 Å². The van der Waals surface area contributed by atoms with Crippen molar-refractivity contribution in [2.24, 2.45) is 0 Å². The monoisotopic (exact) mass is 399 g/mol. The van der Waals surface area contributed by atoms with Crippen molar-refractivity contribution in [3.63, 3.8) is 0 Å². The molecule has 0 bridgehead atoms. The van der Waals surface area contributed by atoms with E-state index in [4.69, 9.17) is 0 Å². The fourth-order valence-corrected chi connectivity index (χ4v) is 0.890. The molecule has 0 amide bonds. The Morgan fingerprint density at radius 1 is 0.682 bits per heavy atom. The first-order chi connectivity index (χ1) is 8.89. The van der Waals surface area contributed by atoms with Crippen LogP contribution in [0.5, 0.6) is 0 Å². The van der Waals surface area contributed by atoms with Crippen molar-refractivity contribution >= 4 is 84.5 Å². The number of thiophene rings is 1. The molecule has 0 atom stereocenters. The summed E-state index contributed by atoms with van der Waals surface area (Å²) in [6.45, 7) is 2.10. The number of aryl methyl sites for hydroxylation is 1. The summed E-state index contributed by atoms with van der Waals surface area (Å²) in [5.74, 6) is 0. The van der Waals surface area contributed by atoms with Crippen molar-refractivity contribution in [3.05, 3.63) is 22.4 Å². The molecule has 1 aromatic heterocycles. The van der Waals surface area contributed by atoms with E-state index in [-0.39, 0.29) is 51.4 Å². The van der Waals surface area contributed by atoms with Crippen LogP contribution in [0.3, 0.4) is 0 Å². The van der Waals surface area contributed by atoms with Crippen molar-refractivity contribution in [2.45, 2.75) is 6.92 Å². The first-order valence-corrected chi connectivity index (χ1v) is 5.39. The van der Waals surface area contributed by atoms with Gasteiger partial charge in [-0.25, -0.2) is 0 Å². The van der Waals surface area contributed by atoms with Gasteiger partial charge in [0.15, 0.2) is 0 Å². The zero-order valence-electron chi connectivity index (χ0n) is 9.91. The molecular formula is C5H7B3F12KS-3. The van der Waals surface area contributed by atoms with E-state index in [2.05, 4.69) is 24.4 Å². The van der Waals surface area contributed by atoms with Crippen LogP contribution in [0.25, 0.3) is 0 Å². The van der Waals surface area contributed by atoms with Gasteiger partial charge in [-0.2, -0.15) is 0 Å². The van der Waals surface area contributed by atoms with Crippen molar-refractivity contribution < 1.29 is 51.8 Å². The first-order valence-electron chi connectivity index (χ1n) is 4.51. The van der Waals surface area contributed by atoms with Crippen LogP contribution in [0.4, 0.5) is 51.8 Å². The van der Waals surface area contributed by atoms with Crippen molar-refractivity contribution in [1.82, 2.24) is 0 Å². The molecule has 22 heavy (non-hydrogen) atoms. The zero-order valence-corrected chi connectivity index (χ0v) is 10.7. The molecular weight excluding hydrogens is 392 g/mol. The van der Waals surface area contributed by atoms with Gasteiger partial charge in [0.2, 0.25) is 0 Å². The molecule has 0 unspecified atom stereocenters. The second kappa shape index (κ2) is 14.1. The van der Waals surface area contributed by atoms with Crippen LogP contribution < -0.4 is 0 Å². The van der Waals surface area contributed by atoms with Crippen LogP contribution >= 0.6 is 11.3 Å². The molecule has 1 rings (SSSR count). The third-order valence-corrected chi connectivity index (χ3v) is 1.46. The van der Waals surface area contributed by atoms with E-state index in [9.17, 15) is 51.8 Å². The standard InChI is InChI=1S/C5H6S.3BF4.K.H/c1-5-3-2-4-6-5;3*2-1(3,4)5;;/h2-4H,1H3;;;;;/q;3*-1;;. The number of hydrogen-bond acceptors (Lipinski definition) is 1. The predicted octanol–water partition coefficient (Wildman–Crippen LogP) is 5.31. The molecule has 130 valence electrons. The number of rotatable bonds is 0. The Morgan fingerprint density at radius 2 is 0.909 bits per heavy atom. The van der Waals surface area contributed by atoms with Gasteiger partial charge in [-0.3, -0.25) is 0 Å². The fraction of sp³-hybridized carbons (Fsp3) is 0.200. The second-order valence-corrected chi connectivity index (χ2v) is 3.86. The summed E-state index contributed by atoms with van der Waals surface area (Å²) in [6, 6.07) is 4.16. The maximum absolute atomic E-state index is 9.75. The van der Waals surface area contributed by atoms with Gasteiger partial charge in [0.1, 0.15) is 0 Å². The van der Waals surface area contributed by atoms with Gasteiger partial charge < -0.3 is 51.8 Å². The molecule has 0 nitrogen and oxygen atoms in total. The van der Waals surface area contributed by atoms with E-state index in [1.54, 1.807) is 11.3 Å². The van der Waals surface area contributed by atoms with Crippen molar-refractivity contribution in [3.8, 4) is 0 Å². The third-order valence-electron chi connectivity index (χ3n) is 0.663. The Balaban J connectivity index is -0.0000000973. The first kappa shape index (κ1) is 30.6. The summed E-state index contributed by atoms with van der Waals surface area (Å²) in [7, 11) is -18.0. The quantitative estimate of drug-likeness (QED) is 0.410. The minimum absolute atomic E-state index is 0. The molecule has 17 heteroatoms. The second-order valence-electron chi connectivity index (χ2n) is 2.71. The molecule has 0 aliphatic rings. The molecule has 0 aromatic carbocycles. The maximum atomic E-state index is 9.75. The summed E-state index contributed by atoms with van der Waals surface area (Å²) in [4.78, 5) is 1.38. The number of hydrogen-bond donors (Lipinski definition) is 0. The molecule has 1 heterocycles. The van der Waals surface area contributed by atoms with Gasteiger partial charge in [0, 0.05) is 4.88 Å². The van der Waals surface area contributed by atoms with Crippen molar-refractivity contribution in [2.75, 3.05) is 0 Å². The Labute approximate surface area is 164 Å². The fourth-order valence-electron chi connectivity index (χ4n) is 0.361. The van der Waals surface area contributed by atoms with Gasteiger partial charge >= 0.3 is 73.1 Å². The molecule has 0 radical (unpaired) electrons. The Morgan fingerprint density at radius 3 is 0.955 bits per heavy atom. The van der Waals surface area contributed by atoms with E-state index < -0.39 is 21.8 Å². The summed E-state index contributed by atoms with van der Waals surface area (Å²) in [5.41, 5.74) is 0. The van der Waals surface area contributed by atoms with Crippen molar-refractivity contribution in [1.29, 1.82) is 0 Å². The summed E-state index contributed by atoms with van der Waals surface area (Å²) in [5, 5.41) is 2.08. The van der Waals surface area contributed by atoms with E-state index in [0.717, 1.165) is 0 Å². The van der Waals surface area contributed by atoms with Crippen LogP contribution in [-0.2, 0) is 0 Å². The van der Waals surface area contributed by atoms with Gasteiger partial charge in [-0.1, -0.05) is 6.07 Å². The molecule has 0 N–H and O–H groups in total. The molecule has 0 fully saturated rings. The number of halogens is 12. The Kier molecular flexibility index (Phi) is 19.5. The minimum atomic E-state index is -6.00. The summed E-state index contributed by atoms with van der Waals surface area (Å²) < 4.78 is 117. The van der Waals surface area contributed by atoms with Crippen LogP contribution in [0.15, 0.2) is 17.5 Å². The van der Waals surface area contributed by atoms with E-state index >= 15 is 0 Å². The van der Waals surface area contributed by atoms with Crippen LogP contribution in [-0.4, -0.2) is 73.1 Å². The van der Waals surface area contributed by atoms with E-state index in [1.807, 2.05) is 0 Å². The molecule has 0 saturated carbocycles. The topological polar surface area (TPSA) is 0 Å². The summed E-state index contributed by atoms with van der Waals surface area (Å²) >= 11 is 1.78. The van der Waals surface area contributed by atoms with Crippen LogP contribution in [0, 0.1) is 6.92 Å². The summed E-state index contributed by atoms with van der Waals surface area (Å²) in [6.07, 6.45) is 0. The Bertz CT molecular complexity index is 285. The SMILES string of the molecule is Cc1cccs1.F[B-](F)(F)F.F[B-](F)(F)F.F[B-](F)(F)F.[KH]. The molecule has 0 saturated heterocycles. The average molecular weight is 399 g/mol. The van der Waals surface area contributed by atoms with Gasteiger partial charge in [0.05, 0.1) is 0 Å². The molecule has 0 spiro atoms. The zero-order chi connectivity index (χ0) is 17.9.